The van der Waals surface area contributed by atoms with Gasteiger partial charge in [0.15, 0.2) is 0 Å². The lowest BCUT2D eigenvalue weighted by atomic mass is 10.1. The standard InChI is InChI=1S/C22H24N2O2S/c1-16(2)12-13-23-21(25)19-15-27-22(24-19)18-10-6-7-11-20(18)26-14-17-8-4-3-5-9-17/h3-11,15-16H,12-14H2,1-2H3,(H,23,25). The second-order valence-electron chi connectivity index (χ2n) is 6.75. The van der Waals surface area contributed by atoms with Gasteiger partial charge in [-0.05, 0) is 30.0 Å². The van der Waals surface area contributed by atoms with E-state index in [0.717, 1.165) is 28.3 Å². The molecule has 0 bridgehead atoms. The Morgan fingerprint density at radius 3 is 2.63 bits per heavy atom. The molecular formula is C22H24N2O2S. The van der Waals surface area contributed by atoms with Crippen LogP contribution in [0.4, 0.5) is 0 Å². The third-order valence-electron chi connectivity index (χ3n) is 4.10. The van der Waals surface area contributed by atoms with Gasteiger partial charge in [-0.3, -0.25) is 4.79 Å². The molecule has 1 aromatic heterocycles. The van der Waals surface area contributed by atoms with E-state index in [2.05, 4.69) is 24.1 Å². The van der Waals surface area contributed by atoms with E-state index >= 15 is 0 Å². The maximum atomic E-state index is 12.3. The van der Waals surface area contributed by atoms with E-state index in [1.54, 1.807) is 5.38 Å². The topological polar surface area (TPSA) is 51.2 Å². The first-order valence-corrected chi connectivity index (χ1v) is 10.0. The quantitative estimate of drug-likeness (QED) is 0.587. The monoisotopic (exact) mass is 380 g/mol. The summed E-state index contributed by atoms with van der Waals surface area (Å²) in [6, 6.07) is 17.8. The van der Waals surface area contributed by atoms with Crippen LogP contribution in [-0.2, 0) is 6.61 Å². The van der Waals surface area contributed by atoms with Crippen molar-refractivity contribution in [3.05, 3.63) is 71.2 Å². The smallest absolute Gasteiger partial charge is 0.270 e. The van der Waals surface area contributed by atoms with Gasteiger partial charge in [-0.25, -0.2) is 4.98 Å². The summed E-state index contributed by atoms with van der Waals surface area (Å²) in [6.45, 7) is 5.44. The highest BCUT2D eigenvalue weighted by atomic mass is 32.1. The number of aromatic nitrogens is 1. The van der Waals surface area contributed by atoms with Crippen LogP contribution in [0.15, 0.2) is 60.0 Å². The van der Waals surface area contributed by atoms with Gasteiger partial charge in [0.1, 0.15) is 23.1 Å². The molecule has 0 aliphatic carbocycles. The van der Waals surface area contributed by atoms with Gasteiger partial charge in [0.05, 0.1) is 5.56 Å². The molecular weight excluding hydrogens is 356 g/mol. The second-order valence-corrected chi connectivity index (χ2v) is 7.60. The van der Waals surface area contributed by atoms with E-state index in [4.69, 9.17) is 4.74 Å². The van der Waals surface area contributed by atoms with Crippen molar-refractivity contribution >= 4 is 17.2 Å². The summed E-state index contributed by atoms with van der Waals surface area (Å²) in [5.74, 6) is 1.20. The lowest BCUT2D eigenvalue weighted by Crippen LogP contribution is -2.25. The van der Waals surface area contributed by atoms with Crippen LogP contribution in [0, 0.1) is 5.92 Å². The number of benzene rings is 2. The van der Waals surface area contributed by atoms with Gasteiger partial charge < -0.3 is 10.1 Å². The molecule has 140 valence electrons. The van der Waals surface area contributed by atoms with E-state index in [1.807, 2.05) is 54.6 Å². The number of para-hydroxylation sites is 1. The first-order valence-electron chi connectivity index (χ1n) is 9.13. The first-order chi connectivity index (χ1) is 13.1. The van der Waals surface area contributed by atoms with Crippen LogP contribution < -0.4 is 10.1 Å². The average molecular weight is 381 g/mol. The number of hydrogen-bond acceptors (Lipinski definition) is 4. The summed E-state index contributed by atoms with van der Waals surface area (Å²) in [5.41, 5.74) is 2.47. The fraction of sp³-hybridized carbons (Fsp3) is 0.273. The molecule has 1 amide bonds. The molecule has 0 unspecified atom stereocenters. The van der Waals surface area contributed by atoms with Crippen LogP contribution in [-0.4, -0.2) is 17.4 Å². The molecule has 0 aliphatic rings. The largest absolute Gasteiger partial charge is 0.488 e. The van der Waals surface area contributed by atoms with E-state index < -0.39 is 0 Å². The van der Waals surface area contributed by atoms with Crippen LogP contribution in [0.2, 0.25) is 0 Å². The summed E-state index contributed by atoms with van der Waals surface area (Å²) in [5, 5.41) is 5.51. The Labute approximate surface area is 164 Å². The number of ether oxygens (including phenoxy) is 1. The zero-order valence-corrected chi connectivity index (χ0v) is 16.5. The van der Waals surface area contributed by atoms with E-state index in [9.17, 15) is 4.79 Å². The molecule has 3 rings (SSSR count). The fourth-order valence-corrected chi connectivity index (χ4v) is 3.40. The molecule has 0 fully saturated rings. The predicted molar refractivity (Wildman–Crippen MR) is 110 cm³/mol. The van der Waals surface area contributed by atoms with Crippen molar-refractivity contribution in [2.75, 3.05) is 6.54 Å². The Hall–Kier alpha value is -2.66. The van der Waals surface area contributed by atoms with E-state index in [1.165, 1.54) is 11.3 Å². The predicted octanol–water partition coefficient (Wildman–Crippen LogP) is 5.17. The molecule has 3 aromatic rings. The molecule has 1 heterocycles. The minimum atomic E-state index is -0.124. The Bertz CT molecular complexity index is 875. The maximum absolute atomic E-state index is 12.3. The van der Waals surface area contributed by atoms with Crippen molar-refractivity contribution in [1.29, 1.82) is 0 Å². The summed E-state index contributed by atoms with van der Waals surface area (Å²) >= 11 is 1.45. The summed E-state index contributed by atoms with van der Waals surface area (Å²) in [6.07, 6.45) is 0.957. The normalized spacial score (nSPS) is 10.8. The van der Waals surface area contributed by atoms with E-state index in [-0.39, 0.29) is 5.91 Å². The average Bonchev–Trinajstić information content (AvgIpc) is 3.17. The highest BCUT2D eigenvalue weighted by molar-refractivity contribution is 7.13. The number of nitrogens with zero attached hydrogens (tertiary/aromatic N) is 1. The van der Waals surface area contributed by atoms with Gasteiger partial charge in [-0.2, -0.15) is 0 Å². The summed E-state index contributed by atoms with van der Waals surface area (Å²) in [4.78, 5) is 16.8. The molecule has 4 nitrogen and oxygen atoms in total. The van der Waals surface area contributed by atoms with E-state index in [0.29, 0.717) is 24.8 Å². The lowest BCUT2D eigenvalue weighted by Gasteiger charge is -2.10. The number of rotatable bonds is 8. The minimum absolute atomic E-state index is 0.124. The SMILES string of the molecule is CC(C)CCNC(=O)c1csc(-c2ccccc2OCc2ccccc2)n1. The Morgan fingerprint density at radius 2 is 1.85 bits per heavy atom. The zero-order chi connectivity index (χ0) is 19.1. The van der Waals surface area contributed by atoms with Crippen molar-refractivity contribution in [2.45, 2.75) is 26.9 Å². The number of carbonyl (C=O) groups is 1. The van der Waals surface area contributed by atoms with Crippen LogP contribution >= 0.6 is 11.3 Å². The van der Waals surface area contributed by atoms with Gasteiger partial charge in [0.25, 0.3) is 5.91 Å². The summed E-state index contributed by atoms with van der Waals surface area (Å²) < 4.78 is 6.00. The van der Waals surface area contributed by atoms with Gasteiger partial charge in [-0.15, -0.1) is 11.3 Å². The van der Waals surface area contributed by atoms with Crippen molar-refractivity contribution in [3.8, 4) is 16.3 Å². The van der Waals surface area contributed by atoms with Crippen molar-refractivity contribution in [3.63, 3.8) is 0 Å². The van der Waals surface area contributed by atoms with Crippen LogP contribution in [0.3, 0.4) is 0 Å². The molecule has 0 radical (unpaired) electrons. The second kappa shape index (κ2) is 9.33. The number of nitrogens with one attached hydrogen (secondary N) is 1. The summed E-state index contributed by atoms with van der Waals surface area (Å²) in [7, 11) is 0. The fourth-order valence-electron chi connectivity index (χ4n) is 2.57. The molecule has 27 heavy (non-hydrogen) atoms. The van der Waals surface area contributed by atoms with Crippen molar-refractivity contribution in [1.82, 2.24) is 10.3 Å². The lowest BCUT2D eigenvalue weighted by molar-refractivity contribution is 0.0948. The molecule has 0 saturated carbocycles. The molecule has 0 atom stereocenters. The third-order valence-corrected chi connectivity index (χ3v) is 4.97. The van der Waals surface area contributed by atoms with Crippen LogP contribution in [0.1, 0.15) is 36.3 Å². The Kier molecular flexibility index (Phi) is 6.60. The van der Waals surface area contributed by atoms with Crippen molar-refractivity contribution < 1.29 is 9.53 Å². The first kappa shape index (κ1) is 19.1. The maximum Gasteiger partial charge on any atom is 0.270 e. The number of carbonyl (C=O) groups excluding carboxylic acids is 1. The highest BCUT2D eigenvalue weighted by Gasteiger charge is 2.14. The minimum Gasteiger partial charge on any atom is -0.488 e. The van der Waals surface area contributed by atoms with Gasteiger partial charge in [-0.1, -0.05) is 56.3 Å². The molecule has 0 spiro atoms. The highest BCUT2D eigenvalue weighted by Crippen LogP contribution is 2.32. The number of hydrogen-bond donors (Lipinski definition) is 1. The van der Waals surface area contributed by atoms with Gasteiger partial charge in [0.2, 0.25) is 0 Å². The number of thiazole rings is 1. The van der Waals surface area contributed by atoms with Gasteiger partial charge >= 0.3 is 0 Å². The van der Waals surface area contributed by atoms with Crippen molar-refractivity contribution in [2.24, 2.45) is 5.92 Å². The Balaban J connectivity index is 1.70. The molecule has 0 saturated heterocycles. The molecule has 1 N–H and O–H groups in total. The molecule has 2 aromatic carbocycles. The van der Waals surface area contributed by atoms with Gasteiger partial charge in [0, 0.05) is 11.9 Å². The molecule has 5 heteroatoms. The third kappa shape index (κ3) is 5.41. The Morgan fingerprint density at radius 1 is 1.11 bits per heavy atom. The zero-order valence-electron chi connectivity index (χ0n) is 15.6. The molecule has 0 aliphatic heterocycles. The van der Waals surface area contributed by atoms with Crippen LogP contribution in [0.5, 0.6) is 5.75 Å². The van der Waals surface area contributed by atoms with Crippen LogP contribution in [0.25, 0.3) is 10.6 Å². The number of amides is 1.